The van der Waals surface area contributed by atoms with Crippen LogP contribution in [0.15, 0.2) is 47.7 Å². The highest BCUT2D eigenvalue weighted by atomic mass is 16.2. The van der Waals surface area contributed by atoms with Gasteiger partial charge < -0.3 is 4.90 Å². The van der Waals surface area contributed by atoms with E-state index in [0.717, 1.165) is 73.4 Å². The van der Waals surface area contributed by atoms with Crippen LogP contribution < -0.4 is 0 Å². The molecule has 5 rings (SSSR count). The Labute approximate surface area is 189 Å². The summed E-state index contributed by atoms with van der Waals surface area (Å²) in [5.41, 5.74) is 5.78. The number of aromatic nitrogens is 4. The molecule has 1 amide bonds. The normalized spacial score (nSPS) is 20.2. The molecule has 0 radical (unpaired) electrons. The highest BCUT2D eigenvalue weighted by Crippen LogP contribution is 2.33. The number of hydrogen-bond donors (Lipinski definition) is 0. The van der Waals surface area contributed by atoms with Crippen molar-refractivity contribution in [2.45, 2.75) is 58.8 Å². The van der Waals surface area contributed by atoms with E-state index < -0.39 is 0 Å². The molecule has 1 atom stereocenters. The van der Waals surface area contributed by atoms with Gasteiger partial charge in [-0.1, -0.05) is 17.2 Å². The minimum absolute atomic E-state index is 0.167. The summed E-state index contributed by atoms with van der Waals surface area (Å²) >= 11 is 0. The van der Waals surface area contributed by atoms with E-state index in [-0.39, 0.29) is 5.92 Å². The monoisotopic (exact) mass is 429 g/mol. The molecule has 32 heavy (non-hydrogen) atoms. The van der Waals surface area contributed by atoms with Crippen molar-refractivity contribution < 1.29 is 4.79 Å². The number of hydrogen-bond acceptors (Lipinski definition) is 4. The summed E-state index contributed by atoms with van der Waals surface area (Å²) < 4.78 is 1.84. The van der Waals surface area contributed by atoms with E-state index in [1.807, 2.05) is 29.8 Å². The third-order valence-electron chi connectivity index (χ3n) is 7.33. The van der Waals surface area contributed by atoms with E-state index in [9.17, 15) is 4.79 Å². The van der Waals surface area contributed by atoms with Crippen LogP contribution in [0.4, 0.5) is 0 Å². The smallest absolute Gasteiger partial charge is 0.226 e. The lowest BCUT2D eigenvalue weighted by atomic mass is 9.83. The third-order valence-corrected chi connectivity index (χ3v) is 7.33. The summed E-state index contributed by atoms with van der Waals surface area (Å²) in [6.45, 7) is 8.03. The van der Waals surface area contributed by atoms with E-state index in [4.69, 9.17) is 4.98 Å². The first kappa shape index (κ1) is 20.9. The Kier molecular flexibility index (Phi) is 5.53. The maximum absolute atomic E-state index is 13.1. The van der Waals surface area contributed by atoms with Crippen LogP contribution in [-0.4, -0.2) is 43.6 Å². The Morgan fingerprint density at radius 1 is 1.00 bits per heavy atom. The minimum Gasteiger partial charge on any atom is -0.342 e. The first-order valence-corrected chi connectivity index (χ1v) is 11.7. The lowest BCUT2D eigenvalue weighted by Crippen LogP contribution is -2.42. The predicted molar refractivity (Wildman–Crippen MR) is 126 cm³/mol. The van der Waals surface area contributed by atoms with Gasteiger partial charge in [-0.05, 0) is 77.1 Å². The van der Waals surface area contributed by atoms with Crippen molar-refractivity contribution in [3.05, 3.63) is 59.1 Å². The number of carbonyl (C=O) groups excluding carboxylic acids is 1. The number of allylic oxidation sites excluding steroid dienone is 2. The van der Waals surface area contributed by atoms with Crippen LogP contribution in [0.2, 0.25) is 0 Å². The van der Waals surface area contributed by atoms with E-state index in [1.165, 1.54) is 11.1 Å². The van der Waals surface area contributed by atoms with Gasteiger partial charge in [0.15, 0.2) is 11.5 Å². The Morgan fingerprint density at radius 3 is 2.53 bits per heavy atom. The first-order chi connectivity index (χ1) is 15.5. The van der Waals surface area contributed by atoms with Crippen molar-refractivity contribution in [1.82, 2.24) is 24.6 Å². The molecular formula is C26H31N5O. The maximum Gasteiger partial charge on any atom is 0.226 e. The van der Waals surface area contributed by atoms with Gasteiger partial charge in [-0.25, -0.2) is 9.97 Å². The van der Waals surface area contributed by atoms with Gasteiger partial charge in [-0.15, -0.1) is 0 Å². The average Bonchev–Trinajstić information content (AvgIpc) is 3.17. The molecule has 0 N–H and O–H groups in total. The van der Waals surface area contributed by atoms with E-state index in [2.05, 4.69) is 41.0 Å². The molecule has 1 aliphatic heterocycles. The number of rotatable bonds is 3. The van der Waals surface area contributed by atoms with Crippen molar-refractivity contribution in [3.63, 3.8) is 0 Å². The number of aryl methyl sites for hydroxylation is 1. The molecule has 1 fully saturated rings. The van der Waals surface area contributed by atoms with Crippen LogP contribution in [0.25, 0.3) is 16.9 Å². The first-order valence-electron chi connectivity index (χ1n) is 11.7. The van der Waals surface area contributed by atoms with Crippen LogP contribution in [0.3, 0.4) is 0 Å². The molecule has 1 saturated heterocycles. The van der Waals surface area contributed by atoms with Gasteiger partial charge in [0.1, 0.15) is 0 Å². The maximum atomic E-state index is 13.1. The van der Waals surface area contributed by atoms with Crippen molar-refractivity contribution >= 4 is 16.9 Å². The topological polar surface area (TPSA) is 63.9 Å². The number of pyridine rings is 2. The SMILES string of the molecule is CC1=C(C)C[C@@H](C(=O)N2CCC(c3ccc4c(C)nn(-c5ccccn5)c4n3)CC2)CC1. The summed E-state index contributed by atoms with van der Waals surface area (Å²) in [6, 6.07) is 10.1. The number of likely N-dealkylation sites (tertiary alicyclic amines) is 1. The molecule has 0 unspecified atom stereocenters. The molecule has 6 nitrogen and oxygen atoms in total. The molecule has 0 spiro atoms. The van der Waals surface area contributed by atoms with E-state index >= 15 is 0 Å². The molecule has 0 aromatic carbocycles. The molecule has 1 aliphatic carbocycles. The average molecular weight is 430 g/mol. The van der Waals surface area contributed by atoms with Crippen LogP contribution in [0.5, 0.6) is 0 Å². The highest BCUT2D eigenvalue weighted by molar-refractivity contribution is 5.80. The van der Waals surface area contributed by atoms with Crippen LogP contribution in [-0.2, 0) is 4.79 Å². The zero-order valence-corrected chi connectivity index (χ0v) is 19.2. The fourth-order valence-corrected chi connectivity index (χ4v) is 5.14. The highest BCUT2D eigenvalue weighted by Gasteiger charge is 2.31. The van der Waals surface area contributed by atoms with Gasteiger partial charge >= 0.3 is 0 Å². The molecule has 6 heteroatoms. The second-order valence-electron chi connectivity index (χ2n) is 9.39. The molecule has 2 aliphatic rings. The number of nitrogens with zero attached hydrogens (tertiary/aromatic N) is 5. The summed E-state index contributed by atoms with van der Waals surface area (Å²) in [4.78, 5) is 24.7. The van der Waals surface area contributed by atoms with E-state index in [1.54, 1.807) is 6.20 Å². The molecule has 166 valence electrons. The fraction of sp³-hybridized carbons (Fsp3) is 0.462. The molecular weight excluding hydrogens is 398 g/mol. The largest absolute Gasteiger partial charge is 0.342 e. The molecule has 3 aromatic rings. The van der Waals surface area contributed by atoms with Crippen LogP contribution in [0.1, 0.15) is 63.3 Å². The van der Waals surface area contributed by atoms with Crippen LogP contribution in [0, 0.1) is 12.8 Å². The van der Waals surface area contributed by atoms with Crippen molar-refractivity contribution in [3.8, 4) is 5.82 Å². The molecule has 0 saturated carbocycles. The zero-order chi connectivity index (χ0) is 22.2. The minimum atomic E-state index is 0.167. The number of carbonyl (C=O) groups is 1. The molecule has 3 aromatic heterocycles. The van der Waals surface area contributed by atoms with Crippen molar-refractivity contribution in [2.24, 2.45) is 5.92 Å². The zero-order valence-electron chi connectivity index (χ0n) is 19.2. The fourth-order valence-electron chi connectivity index (χ4n) is 5.14. The number of fused-ring (bicyclic) bond motifs is 1. The number of amides is 1. The summed E-state index contributed by atoms with van der Waals surface area (Å²) in [5.74, 6) is 1.66. The standard InChI is InChI=1S/C26H31N5O/c1-17-7-8-21(16-18(17)2)26(32)30-14-11-20(12-15-30)23-10-9-22-19(3)29-31(25(22)28-23)24-6-4-5-13-27-24/h4-6,9-10,13,20-21H,7-8,11-12,14-16H2,1-3H3/t21-/m0/s1. The summed E-state index contributed by atoms with van der Waals surface area (Å²) in [6.07, 6.45) is 6.69. The second-order valence-corrected chi connectivity index (χ2v) is 9.39. The Hall–Kier alpha value is -3.02. The molecule has 4 heterocycles. The van der Waals surface area contributed by atoms with Gasteiger partial charge in [0.25, 0.3) is 0 Å². The number of piperidine rings is 1. The van der Waals surface area contributed by atoms with Gasteiger partial charge in [-0.2, -0.15) is 9.78 Å². The van der Waals surface area contributed by atoms with E-state index in [0.29, 0.717) is 11.8 Å². The van der Waals surface area contributed by atoms with Gasteiger partial charge in [0, 0.05) is 42.2 Å². The quantitative estimate of drug-likeness (QED) is 0.552. The Balaban J connectivity index is 1.32. The summed E-state index contributed by atoms with van der Waals surface area (Å²) in [7, 11) is 0. The van der Waals surface area contributed by atoms with Gasteiger partial charge in [0.05, 0.1) is 5.69 Å². The van der Waals surface area contributed by atoms with Crippen molar-refractivity contribution in [1.29, 1.82) is 0 Å². The lowest BCUT2D eigenvalue weighted by Gasteiger charge is -2.35. The van der Waals surface area contributed by atoms with Crippen molar-refractivity contribution in [2.75, 3.05) is 13.1 Å². The molecule has 0 bridgehead atoms. The second kappa shape index (κ2) is 8.49. The van der Waals surface area contributed by atoms with Gasteiger partial charge in [-0.3, -0.25) is 4.79 Å². The third kappa shape index (κ3) is 3.83. The van der Waals surface area contributed by atoms with Gasteiger partial charge in [0.2, 0.25) is 5.91 Å². The van der Waals surface area contributed by atoms with Crippen LogP contribution >= 0.6 is 0 Å². The Morgan fingerprint density at radius 2 is 1.81 bits per heavy atom. The lowest BCUT2D eigenvalue weighted by molar-refractivity contribution is -0.137. The summed E-state index contributed by atoms with van der Waals surface area (Å²) in [5, 5.41) is 5.74. The Bertz CT molecular complexity index is 1170. The predicted octanol–water partition coefficient (Wildman–Crippen LogP) is 4.97.